The Bertz CT molecular complexity index is 1270. The highest BCUT2D eigenvalue weighted by Crippen LogP contribution is 2.33. The van der Waals surface area contributed by atoms with Crippen LogP contribution in [-0.2, 0) is 11.2 Å². The number of ether oxygens (including phenoxy) is 1. The van der Waals surface area contributed by atoms with Gasteiger partial charge in [0, 0.05) is 32.7 Å². The van der Waals surface area contributed by atoms with Crippen LogP contribution in [0.1, 0.15) is 33.9 Å². The predicted octanol–water partition coefficient (Wildman–Crippen LogP) is 4.98. The van der Waals surface area contributed by atoms with E-state index in [2.05, 4.69) is 10.2 Å². The number of nitrogens with zero attached hydrogens (tertiary/aromatic N) is 2. The molecule has 8 heteroatoms. The molecule has 6 nitrogen and oxygen atoms in total. The summed E-state index contributed by atoms with van der Waals surface area (Å²) in [5, 5.41) is 3.39. The molecule has 2 saturated heterocycles. The molecule has 2 fully saturated rings. The molecule has 0 spiro atoms. The number of methoxy groups -OCH3 is 1. The largest absolute Gasteiger partial charge is 0.497 e. The molecule has 2 amide bonds. The number of hydrogen-bond donors (Lipinski definition) is 1. The number of fused-ring (bicyclic) bond motifs is 1. The average Bonchev–Trinajstić information content (AvgIpc) is 3.51. The van der Waals surface area contributed by atoms with E-state index in [-0.39, 0.29) is 28.4 Å². The third-order valence-electron chi connectivity index (χ3n) is 7.82. The first-order valence-electron chi connectivity index (χ1n) is 13.3. The molecule has 0 aromatic heterocycles. The molecule has 5 rings (SSSR count). The summed E-state index contributed by atoms with van der Waals surface area (Å²) in [6.07, 6.45) is 1.09. The zero-order chi connectivity index (χ0) is 27.4. The summed E-state index contributed by atoms with van der Waals surface area (Å²) in [4.78, 5) is 30.1. The predicted molar refractivity (Wildman–Crippen MR) is 149 cm³/mol. The molecule has 2 aliphatic rings. The number of carbonyl (C=O) groups is 2. The van der Waals surface area contributed by atoms with E-state index in [4.69, 9.17) is 16.3 Å². The summed E-state index contributed by atoms with van der Waals surface area (Å²) in [7, 11) is 1.62. The number of halogens is 2. The lowest BCUT2D eigenvalue weighted by Crippen LogP contribution is -2.36. The van der Waals surface area contributed by atoms with Crippen molar-refractivity contribution in [2.45, 2.75) is 18.9 Å². The van der Waals surface area contributed by atoms with Crippen molar-refractivity contribution >= 4 is 23.4 Å². The van der Waals surface area contributed by atoms with Gasteiger partial charge in [0.1, 0.15) is 11.6 Å². The second kappa shape index (κ2) is 12.2. The maximum Gasteiger partial charge on any atom is 0.258 e. The molecule has 0 aliphatic carbocycles. The molecule has 1 N–H and O–H groups in total. The van der Waals surface area contributed by atoms with Gasteiger partial charge in [-0.05, 0) is 53.6 Å². The Balaban J connectivity index is 1.16. The van der Waals surface area contributed by atoms with Gasteiger partial charge >= 0.3 is 0 Å². The van der Waals surface area contributed by atoms with Gasteiger partial charge in [0.2, 0.25) is 5.91 Å². The van der Waals surface area contributed by atoms with Gasteiger partial charge < -0.3 is 19.9 Å². The normalized spacial score (nSPS) is 19.5. The molecule has 2 heterocycles. The highest BCUT2D eigenvalue weighted by Gasteiger charge is 2.42. The van der Waals surface area contributed by atoms with E-state index in [1.54, 1.807) is 18.1 Å². The lowest BCUT2D eigenvalue weighted by Gasteiger charge is -2.25. The quantitative estimate of drug-likeness (QED) is 0.409. The standard InChI is InChI=1S/C31H33ClFN3O3/c1-39-25-12-10-21(11-13-25)16-29(37)34-28(22-6-3-2-4-7-22)14-15-35-17-23-19-36(20-24(23)18-35)31(38)30-26(32)8-5-9-27(30)33/h2-13,23-24,28H,14-20H2,1H3,(H,34,37)/t23-,24?,28?/m0/s1. The number of carbonyl (C=O) groups excluding carboxylic acids is 2. The molecule has 2 unspecified atom stereocenters. The minimum Gasteiger partial charge on any atom is -0.497 e. The SMILES string of the molecule is COc1ccc(CC(=O)NC(CCN2CC3CN(C(=O)c4c(F)cccc4Cl)C[C@@H]3C2)c2ccccc2)cc1. The van der Waals surface area contributed by atoms with E-state index in [1.807, 2.05) is 54.6 Å². The van der Waals surface area contributed by atoms with Crippen molar-refractivity contribution in [1.82, 2.24) is 15.1 Å². The Hall–Kier alpha value is -3.42. The number of nitrogens with one attached hydrogen (secondary N) is 1. The monoisotopic (exact) mass is 549 g/mol. The van der Waals surface area contributed by atoms with E-state index in [0.29, 0.717) is 31.3 Å². The van der Waals surface area contributed by atoms with E-state index in [0.717, 1.165) is 42.9 Å². The third kappa shape index (κ3) is 6.43. The van der Waals surface area contributed by atoms with Crippen molar-refractivity contribution < 1.29 is 18.7 Å². The number of benzene rings is 3. The maximum atomic E-state index is 14.3. The van der Waals surface area contributed by atoms with Gasteiger partial charge in [-0.2, -0.15) is 0 Å². The van der Waals surface area contributed by atoms with Crippen LogP contribution in [0.4, 0.5) is 4.39 Å². The van der Waals surface area contributed by atoms with Crippen molar-refractivity contribution in [3.63, 3.8) is 0 Å². The second-order valence-electron chi connectivity index (χ2n) is 10.4. The summed E-state index contributed by atoms with van der Waals surface area (Å²) in [6, 6.07) is 21.8. The van der Waals surface area contributed by atoms with Crippen LogP contribution in [-0.4, -0.2) is 61.4 Å². The number of likely N-dealkylation sites (tertiary alicyclic amines) is 2. The van der Waals surface area contributed by atoms with E-state index >= 15 is 0 Å². The molecule has 0 saturated carbocycles. The lowest BCUT2D eigenvalue weighted by atomic mass is 10.0. The number of amides is 2. The van der Waals surface area contributed by atoms with Crippen LogP contribution in [0.3, 0.4) is 0 Å². The van der Waals surface area contributed by atoms with Crippen LogP contribution in [0, 0.1) is 17.7 Å². The fourth-order valence-corrected chi connectivity index (χ4v) is 6.04. The first kappa shape index (κ1) is 27.2. The van der Waals surface area contributed by atoms with Gasteiger partial charge in [-0.25, -0.2) is 4.39 Å². The highest BCUT2D eigenvalue weighted by atomic mass is 35.5. The summed E-state index contributed by atoms with van der Waals surface area (Å²) in [5.74, 6) is 0.530. The first-order chi connectivity index (χ1) is 18.9. The van der Waals surface area contributed by atoms with Crippen LogP contribution in [0.15, 0.2) is 72.8 Å². The zero-order valence-electron chi connectivity index (χ0n) is 22.0. The minimum absolute atomic E-state index is 0.0201. The maximum absolute atomic E-state index is 14.3. The Kier molecular flexibility index (Phi) is 8.48. The Morgan fingerprint density at radius 1 is 0.974 bits per heavy atom. The Morgan fingerprint density at radius 3 is 2.31 bits per heavy atom. The molecule has 0 radical (unpaired) electrons. The van der Waals surface area contributed by atoms with Crippen molar-refractivity contribution in [2.75, 3.05) is 39.8 Å². The van der Waals surface area contributed by atoms with Gasteiger partial charge in [-0.15, -0.1) is 0 Å². The first-order valence-corrected chi connectivity index (χ1v) is 13.7. The molecule has 0 bridgehead atoms. The fraction of sp³-hybridized carbons (Fsp3) is 0.355. The molecule has 3 aromatic carbocycles. The third-order valence-corrected chi connectivity index (χ3v) is 8.14. The van der Waals surface area contributed by atoms with Crippen LogP contribution >= 0.6 is 11.6 Å². The summed E-state index contributed by atoms with van der Waals surface area (Å²) < 4.78 is 19.5. The smallest absolute Gasteiger partial charge is 0.258 e. The summed E-state index contributed by atoms with van der Waals surface area (Å²) in [5.41, 5.74) is 1.98. The summed E-state index contributed by atoms with van der Waals surface area (Å²) in [6.45, 7) is 3.79. The molecular weight excluding hydrogens is 517 g/mol. The van der Waals surface area contributed by atoms with Gasteiger partial charge in [0.25, 0.3) is 5.91 Å². The van der Waals surface area contributed by atoms with Crippen LogP contribution in [0.2, 0.25) is 5.02 Å². The average molecular weight is 550 g/mol. The van der Waals surface area contributed by atoms with Crippen molar-refractivity contribution in [3.8, 4) is 5.75 Å². The van der Waals surface area contributed by atoms with E-state index in [9.17, 15) is 14.0 Å². The number of rotatable bonds is 9. The number of hydrogen-bond acceptors (Lipinski definition) is 4. The Labute approximate surface area is 233 Å². The van der Waals surface area contributed by atoms with Crippen molar-refractivity contribution in [3.05, 3.63) is 100 Å². The van der Waals surface area contributed by atoms with Crippen LogP contribution < -0.4 is 10.1 Å². The molecule has 3 atom stereocenters. The minimum atomic E-state index is -0.577. The van der Waals surface area contributed by atoms with Gasteiger partial charge in [-0.3, -0.25) is 9.59 Å². The van der Waals surface area contributed by atoms with Crippen LogP contribution in [0.25, 0.3) is 0 Å². The van der Waals surface area contributed by atoms with Crippen molar-refractivity contribution in [1.29, 1.82) is 0 Å². The highest BCUT2D eigenvalue weighted by molar-refractivity contribution is 6.33. The molecule has 2 aliphatic heterocycles. The topological polar surface area (TPSA) is 61.9 Å². The van der Waals surface area contributed by atoms with Crippen molar-refractivity contribution in [2.24, 2.45) is 11.8 Å². The van der Waals surface area contributed by atoms with Gasteiger partial charge in [0.05, 0.1) is 30.2 Å². The molecule has 3 aromatic rings. The van der Waals surface area contributed by atoms with Crippen LogP contribution in [0.5, 0.6) is 5.75 Å². The molecular formula is C31H33ClFN3O3. The molecule has 39 heavy (non-hydrogen) atoms. The zero-order valence-corrected chi connectivity index (χ0v) is 22.7. The van der Waals surface area contributed by atoms with Gasteiger partial charge in [0.15, 0.2) is 0 Å². The van der Waals surface area contributed by atoms with E-state index in [1.165, 1.54) is 12.1 Å². The Morgan fingerprint density at radius 2 is 1.67 bits per heavy atom. The molecule has 204 valence electrons. The summed E-state index contributed by atoms with van der Waals surface area (Å²) >= 11 is 6.13. The fourth-order valence-electron chi connectivity index (χ4n) is 5.79. The van der Waals surface area contributed by atoms with E-state index < -0.39 is 5.82 Å². The lowest BCUT2D eigenvalue weighted by molar-refractivity contribution is -0.121. The second-order valence-corrected chi connectivity index (χ2v) is 10.8. The van der Waals surface area contributed by atoms with Gasteiger partial charge in [-0.1, -0.05) is 60.1 Å².